The fraction of sp³-hybridized carbons (Fsp3) is 0.190. The van der Waals surface area contributed by atoms with Gasteiger partial charge in [0.05, 0.1) is 21.7 Å². The van der Waals surface area contributed by atoms with Crippen LogP contribution in [0, 0.1) is 0 Å². The number of amides is 1. The molecule has 162 valence electrons. The van der Waals surface area contributed by atoms with E-state index < -0.39 is 21.7 Å². The standard InChI is InChI=1S/C21H19ClN2O5S2/c1-3-29-20(26)13-24-17-10-9-15(31(2,27)28)12-18(17)30-21(24)23-19(25)11-8-14-6-4-5-7-16(14)22/h4-12H,3,13H2,1-2H3. The topological polar surface area (TPSA) is 94.8 Å². The molecule has 0 bridgehead atoms. The van der Waals surface area contributed by atoms with Gasteiger partial charge in [-0.2, -0.15) is 4.99 Å². The lowest BCUT2D eigenvalue weighted by Crippen LogP contribution is -2.22. The number of hydrogen-bond donors (Lipinski definition) is 0. The Labute approximate surface area is 188 Å². The van der Waals surface area contributed by atoms with Gasteiger partial charge in [0.25, 0.3) is 5.91 Å². The second-order valence-electron chi connectivity index (χ2n) is 6.48. The van der Waals surface area contributed by atoms with Gasteiger partial charge in [-0.25, -0.2) is 8.42 Å². The Hall–Kier alpha value is -2.75. The molecule has 0 saturated heterocycles. The Balaban J connectivity index is 2.06. The molecular weight excluding hydrogens is 460 g/mol. The number of hydrogen-bond acceptors (Lipinski definition) is 6. The van der Waals surface area contributed by atoms with Gasteiger partial charge in [0, 0.05) is 17.4 Å². The van der Waals surface area contributed by atoms with Gasteiger partial charge in [-0.15, -0.1) is 0 Å². The predicted molar refractivity (Wildman–Crippen MR) is 121 cm³/mol. The average molecular weight is 479 g/mol. The van der Waals surface area contributed by atoms with E-state index in [1.54, 1.807) is 43.3 Å². The first-order valence-electron chi connectivity index (χ1n) is 9.19. The molecule has 1 amide bonds. The maximum absolute atomic E-state index is 12.4. The number of esters is 1. The molecule has 1 aromatic heterocycles. The number of benzene rings is 2. The number of rotatable bonds is 6. The van der Waals surface area contributed by atoms with Crippen LogP contribution in [0.25, 0.3) is 16.3 Å². The van der Waals surface area contributed by atoms with E-state index in [-0.39, 0.29) is 22.8 Å². The number of carbonyl (C=O) groups excluding carboxylic acids is 2. The monoisotopic (exact) mass is 478 g/mol. The number of aromatic nitrogens is 1. The van der Waals surface area contributed by atoms with E-state index in [1.165, 1.54) is 22.8 Å². The van der Waals surface area contributed by atoms with E-state index in [9.17, 15) is 18.0 Å². The Kier molecular flexibility index (Phi) is 7.09. The summed E-state index contributed by atoms with van der Waals surface area (Å²) >= 11 is 7.20. The lowest BCUT2D eigenvalue weighted by atomic mass is 10.2. The van der Waals surface area contributed by atoms with Gasteiger partial charge in [-0.05, 0) is 42.8 Å². The molecule has 7 nitrogen and oxygen atoms in total. The maximum Gasteiger partial charge on any atom is 0.326 e. The number of ether oxygens (including phenoxy) is 1. The van der Waals surface area contributed by atoms with Crippen LogP contribution in [0.2, 0.25) is 5.02 Å². The molecule has 0 aliphatic rings. The zero-order chi connectivity index (χ0) is 22.6. The van der Waals surface area contributed by atoms with Gasteiger partial charge < -0.3 is 9.30 Å². The summed E-state index contributed by atoms with van der Waals surface area (Å²) in [5, 5.41) is 0.499. The number of halogens is 1. The number of thiazole rings is 1. The normalized spacial score (nSPS) is 12.5. The first-order chi connectivity index (χ1) is 14.7. The molecule has 0 radical (unpaired) electrons. The minimum atomic E-state index is -3.41. The minimum absolute atomic E-state index is 0.140. The number of nitrogens with zero attached hydrogens (tertiary/aromatic N) is 2. The van der Waals surface area contributed by atoms with E-state index >= 15 is 0 Å². The van der Waals surface area contributed by atoms with Crippen LogP contribution < -0.4 is 4.80 Å². The van der Waals surface area contributed by atoms with E-state index in [1.807, 2.05) is 0 Å². The molecule has 1 heterocycles. The molecule has 0 spiro atoms. The summed E-state index contributed by atoms with van der Waals surface area (Å²) in [6, 6.07) is 11.6. The van der Waals surface area contributed by atoms with Crippen LogP contribution >= 0.6 is 22.9 Å². The molecule has 0 atom stereocenters. The SMILES string of the molecule is CCOC(=O)Cn1c(=NC(=O)C=Cc2ccccc2Cl)sc2cc(S(C)(=O)=O)ccc21. The molecule has 3 aromatic rings. The van der Waals surface area contributed by atoms with Crippen molar-refractivity contribution >= 4 is 60.9 Å². The van der Waals surface area contributed by atoms with Gasteiger partial charge in [0.15, 0.2) is 14.6 Å². The molecule has 0 saturated carbocycles. The van der Waals surface area contributed by atoms with Crippen molar-refractivity contribution in [2.75, 3.05) is 12.9 Å². The first-order valence-corrected chi connectivity index (χ1v) is 12.3. The third-order valence-electron chi connectivity index (χ3n) is 4.19. The molecular formula is C21H19ClN2O5S2. The highest BCUT2D eigenvalue weighted by molar-refractivity contribution is 7.90. The van der Waals surface area contributed by atoms with Crippen molar-refractivity contribution in [3.63, 3.8) is 0 Å². The van der Waals surface area contributed by atoms with E-state index in [0.717, 1.165) is 17.6 Å². The van der Waals surface area contributed by atoms with Gasteiger partial charge in [-0.1, -0.05) is 41.1 Å². The van der Waals surface area contributed by atoms with Crippen molar-refractivity contribution < 1.29 is 22.7 Å². The number of sulfone groups is 1. The third kappa shape index (κ3) is 5.69. The molecule has 2 aromatic carbocycles. The van der Waals surface area contributed by atoms with E-state index in [4.69, 9.17) is 16.3 Å². The largest absolute Gasteiger partial charge is 0.465 e. The average Bonchev–Trinajstić information content (AvgIpc) is 3.03. The summed E-state index contributed by atoms with van der Waals surface area (Å²) in [7, 11) is -3.41. The van der Waals surface area contributed by atoms with Crippen molar-refractivity contribution in [1.29, 1.82) is 0 Å². The second-order valence-corrected chi connectivity index (χ2v) is 9.91. The molecule has 0 N–H and O–H groups in total. The molecule has 0 aliphatic heterocycles. The molecule has 0 aliphatic carbocycles. The zero-order valence-electron chi connectivity index (χ0n) is 16.7. The van der Waals surface area contributed by atoms with Gasteiger partial charge in [0.2, 0.25) is 0 Å². The summed E-state index contributed by atoms with van der Waals surface area (Å²) in [6.07, 6.45) is 3.95. The molecule has 10 heteroatoms. The van der Waals surface area contributed by atoms with Crippen molar-refractivity contribution in [1.82, 2.24) is 4.57 Å². The predicted octanol–water partition coefficient (Wildman–Crippen LogP) is 3.46. The minimum Gasteiger partial charge on any atom is -0.465 e. The van der Waals surface area contributed by atoms with Crippen LogP contribution in [-0.4, -0.2) is 37.7 Å². The van der Waals surface area contributed by atoms with Crippen LogP contribution in [0.4, 0.5) is 0 Å². The summed E-state index contributed by atoms with van der Waals surface area (Å²) in [5.74, 6) is -1.04. The zero-order valence-corrected chi connectivity index (χ0v) is 19.1. The van der Waals surface area contributed by atoms with Gasteiger partial charge in [0.1, 0.15) is 6.54 Å². The fourth-order valence-corrected chi connectivity index (χ4v) is 4.76. The Bertz CT molecular complexity index is 1350. The highest BCUT2D eigenvalue weighted by Gasteiger charge is 2.15. The Morgan fingerprint density at radius 1 is 1.23 bits per heavy atom. The molecule has 31 heavy (non-hydrogen) atoms. The number of carbonyl (C=O) groups is 2. The Morgan fingerprint density at radius 2 is 1.97 bits per heavy atom. The summed E-state index contributed by atoms with van der Waals surface area (Å²) in [4.78, 5) is 29.0. The third-order valence-corrected chi connectivity index (χ3v) is 6.69. The highest BCUT2D eigenvalue weighted by Crippen LogP contribution is 2.22. The van der Waals surface area contributed by atoms with Crippen LogP contribution in [-0.2, 0) is 30.7 Å². The molecule has 0 unspecified atom stereocenters. The lowest BCUT2D eigenvalue weighted by Gasteiger charge is -2.05. The summed E-state index contributed by atoms with van der Waals surface area (Å²) in [6.45, 7) is 1.75. The highest BCUT2D eigenvalue weighted by atomic mass is 35.5. The maximum atomic E-state index is 12.4. The smallest absolute Gasteiger partial charge is 0.326 e. The molecule has 3 rings (SSSR count). The Morgan fingerprint density at radius 3 is 2.65 bits per heavy atom. The number of fused-ring (bicyclic) bond motifs is 1. The van der Waals surface area contributed by atoms with Crippen LogP contribution in [0.15, 0.2) is 58.4 Å². The lowest BCUT2D eigenvalue weighted by molar-refractivity contribution is -0.143. The van der Waals surface area contributed by atoms with Gasteiger partial charge in [-0.3, -0.25) is 9.59 Å². The van der Waals surface area contributed by atoms with Crippen molar-refractivity contribution in [2.24, 2.45) is 4.99 Å². The summed E-state index contributed by atoms with van der Waals surface area (Å²) in [5.41, 5.74) is 1.24. The molecule has 0 fully saturated rings. The van der Waals surface area contributed by atoms with Crippen LogP contribution in [0.1, 0.15) is 12.5 Å². The summed E-state index contributed by atoms with van der Waals surface area (Å²) < 4.78 is 30.9. The first kappa shape index (κ1) is 22.9. The van der Waals surface area contributed by atoms with E-state index in [2.05, 4.69) is 4.99 Å². The van der Waals surface area contributed by atoms with Crippen LogP contribution in [0.3, 0.4) is 0 Å². The fourth-order valence-electron chi connectivity index (χ4n) is 2.76. The van der Waals surface area contributed by atoms with Crippen molar-refractivity contribution in [2.45, 2.75) is 18.4 Å². The van der Waals surface area contributed by atoms with Crippen molar-refractivity contribution in [3.8, 4) is 0 Å². The quantitative estimate of drug-likeness (QED) is 0.399. The van der Waals surface area contributed by atoms with Crippen LogP contribution in [0.5, 0.6) is 0 Å². The second kappa shape index (κ2) is 9.59. The van der Waals surface area contributed by atoms with E-state index in [0.29, 0.717) is 20.8 Å². The van der Waals surface area contributed by atoms with Gasteiger partial charge >= 0.3 is 5.97 Å². The van der Waals surface area contributed by atoms with Crippen molar-refractivity contribution in [3.05, 3.63) is 63.9 Å².